The summed E-state index contributed by atoms with van der Waals surface area (Å²) < 4.78 is 6.62. The summed E-state index contributed by atoms with van der Waals surface area (Å²) in [5.41, 5.74) is 2.64. The summed E-state index contributed by atoms with van der Waals surface area (Å²) in [6, 6.07) is 5.65. The van der Waals surface area contributed by atoms with Gasteiger partial charge in [-0.1, -0.05) is 15.9 Å². The Morgan fingerprint density at radius 3 is 3.10 bits per heavy atom. The van der Waals surface area contributed by atoms with Crippen molar-refractivity contribution in [2.24, 2.45) is 0 Å². The predicted octanol–water partition coefficient (Wildman–Crippen LogP) is 2.10. The fraction of sp³-hybridized carbons (Fsp3) is 0.214. The fourth-order valence-corrected chi connectivity index (χ4v) is 2.73. The molecule has 2 aromatic rings. The highest BCUT2D eigenvalue weighted by Crippen LogP contribution is 2.32. The Balaban J connectivity index is 1.75. The minimum Gasteiger partial charge on any atom is -0.493 e. The molecule has 102 valence electrons. The van der Waals surface area contributed by atoms with E-state index in [-0.39, 0.29) is 5.91 Å². The average Bonchev–Trinajstić information content (AvgIpc) is 2.93. The van der Waals surface area contributed by atoms with Gasteiger partial charge in [-0.2, -0.15) is 10.2 Å². The number of ether oxygens (including phenoxy) is 1. The summed E-state index contributed by atoms with van der Waals surface area (Å²) in [4.78, 5) is 12.0. The molecule has 0 radical (unpaired) electrons. The second kappa shape index (κ2) is 5.58. The smallest absolute Gasteiger partial charge is 0.253 e. The van der Waals surface area contributed by atoms with Gasteiger partial charge in [-0.05, 0) is 23.8 Å². The SMILES string of the molecule is O=C(NCc1cc(Br)cc2c1OCC2)c1ccnnc1. The highest BCUT2D eigenvalue weighted by molar-refractivity contribution is 9.10. The van der Waals surface area contributed by atoms with Gasteiger partial charge in [0.1, 0.15) is 5.75 Å². The lowest BCUT2D eigenvalue weighted by atomic mass is 10.1. The van der Waals surface area contributed by atoms with Crippen LogP contribution in [0.3, 0.4) is 0 Å². The second-order valence-electron chi connectivity index (χ2n) is 4.47. The molecule has 1 aliphatic heterocycles. The van der Waals surface area contributed by atoms with Crippen LogP contribution in [0.15, 0.2) is 35.1 Å². The van der Waals surface area contributed by atoms with Gasteiger partial charge < -0.3 is 10.1 Å². The number of hydrogen-bond donors (Lipinski definition) is 1. The summed E-state index contributed by atoms with van der Waals surface area (Å²) in [6.45, 7) is 1.12. The van der Waals surface area contributed by atoms with Crippen LogP contribution in [0.4, 0.5) is 0 Å². The molecule has 20 heavy (non-hydrogen) atoms. The van der Waals surface area contributed by atoms with Gasteiger partial charge in [0.25, 0.3) is 5.91 Å². The molecule has 0 saturated heterocycles. The zero-order chi connectivity index (χ0) is 13.9. The van der Waals surface area contributed by atoms with Crippen molar-refractivity contribution in [1.82, 2.24) is 15.5 Å². The third-order valence-electron chi connectivity index (χ3n) is 3.11. The van der Waals surface area contributed by atoms with E-state index in [0.717, 1.165) is 22.2 Å². The zero-order valence-electron chi connectivity index (χ0n) is 10.6. The molecule has 0 atom stereocenters. The molecule has 1 amide bonds. The number of carbonyl (C=O) groups is 1. The third kappa shape index (κ3) is 2.65. The quantitative estimate of drug-likeness (QED) is 0.934. The monoisotopic (exact) mass is 333 g/mol. The number of nitrogens with zero attached hydrogens (tertiary/aromatic N) is 2. The normalized spacial score (nSPS) is 12.7. The lowest BCUT2D eigenvalue weighted by molar-refractivity contribution is 0.0950. The Kier molecular flexibility index (Phi) is 3.64. The van der Waals surface area contributed by atoms with Crippen LogP contribution in [0.2, 0.25) is 0 Å². The van der Waals surface area contributed by atoms with Crippen LogP contribution >= 0.6 is 15.9 Å². The number of aromatic nitrogens is 2. The van der Waals surface area contributed by atoms with Crippen LogP contribution in [0.1, 0.15) is 21.5 Å². The number of nitrogens with one attached hydrogen (secondary N) is 1. The minimum atomic E-state index is -0.174. The number of carbonyl (C=O) groups excluding carboxylic acids is 1. The van der Waals surface area contributed by atoms with E-state index in [9.17, 15) is 4.79 Å². The van der Waals surface area contributed by atoms with Gasteiger partial charge in [0.2, 0.25) is 0 Å². The zero-order valence-corrected chi connectivity index (χ0v) is 12.2. The first-order chi connectivity index (χ1) is 9.74. The predicted molar refractivity (Wildman–Crippen MR) is 76.5 cm³/mol. The van der Waals surface area contributed by atoms with E-state index in [4.69, 9.17) is 4.74 Å². The second-order valence-corrected chi connectivity index (χ2v) is 5.38. The van der Waals surface area contributed by atoms with Crippen LogP contribution in [0.5, 0.6) is 5.75 Å². The molecule has 0 fully saturated rings. The van der Waals surface area contributed by atoms with Crippen molar-refractivity contribution in [3.05, 3.63) is 51.8 Å². The van der Waals surface area contributed by atoms with Gasteiger partial charge >= 0.3 is 0 Å². The van der Waals surface area contributed by atoms with Crippen molar-refractivity contribution in [3.63, 3.8) is 0 Å². The summed E-state index contributed by atoms with van der Waals surface area (Å²) in [5.74, 6) is 0.716. The van der Waals surface area contributed by atoms with Crippen LogP contribution < -0.4 is 10.1 Å². The molecule has 0 spiro atoms. The molecule has 0 unspecified atom stereocenters. The van der Waals surface area contributed by atoms with Crippen molar-refractivity contribution in [1.29, 1.82) is 0 Å². The topological polar surface area (TPSA) is 64.1 Å². The highest BCUT2D eigenvalue weighted by atomic mass is 79.9. The molecule has 2 heterocycles. The Labute approximate surface area is 124 Å². The maximum absolute atomic E-state index is 12.0. The summed E-state index contributed by atoms with van der Waals surface area (Å²) >= 11 is 3.48. The van der Waals surface area contributed by atoms with E-state index < -0.39 is 0 Å². The van der Waals surface area contributed by atoms with Gasteiger partial charge in [-0.3, -0.25) is 4.79 Å². The van der Waals surface area contributed by atoms with Gasteiger partial charge in [0, 0.05) is 23.0 Å². The molecular formula is C14H12BrN3O2. The Bertz CT molecular complexity index is 646. The molecule has 0 aliphatic carbocycles. The van der Waals surface area contributed by atoms with Crippen molar-refractivity contribution < 1.29 is 9.53 Å². The maximum atomic E-state index is 12.0. The molecule has 5 nitrogen and oxygen atoms in total. The fourth-order valence-electron chi connectivity index (χ4n) is 2.18. The Morgan fingerprint density at radius 2 is 2.30 bits per heavy atom. The molecule has 0 bridgehead atoms. The maximum Gasteiger partial charge on any atom is 0.253 e. The van der Waals surface area contributed by atoms with Crippen LogP contribution in [-0.2, 0) is 13.0 Å². The summed E-state index contributed by atoms with van der Waals surface area (Å²) in [7, 11) is 0. The first kappa shape index (κ1) is 13.1. The number of halogens is 1. The lowest BCUT2D eigenvalue weighted by Gasteiger charge is -2.10. The van der Waals surface area contributed by atoms with Gasteiger partial charge in [-0.15, -0.1) is 0 Å². The van der Waals surface area contributed by atoms with E-state index in [0.29, 0.717) is 18.7 Å². The first-order valence-corrected chi connectivity index (χ1v) is 7.02. The molecule has 1 N–H and O–H groups in total. The largest absolute Gasteiger partial charge is 0.493 e. The molecule has 1 aromatic heterocycles. The van der Waals surface area contributed by atoms with Gasteiger partial charge in [0.05, 0.1) is 24.6 Å². The van der Waals surface area contributed by atoms with Crippen LogP contribution in [0, 0.1) is 0 Å². The Hall–Kier alpha value is -1.95. The Morgan fingerprint density at radius 1 is 1.40 bits per heavy atom. The van der Waals surface area contributed by atoms with Crippen molar-refractivity contribution >= 4 is 21.8 Å². The lowest BCUT2D eigenvalue weighted by Crippen LogP contribution is -2.23. The van der Waals surface area contributed by atoms with Crippen molar-refractivity contribution in [2.75, 3.05) is 6.61 Å². The van der Waals surface area contributed by atoms with Crippen LogP contribution in [-0.4, -0.2) is 22.7 Å². The molecule has 1 aromatic carbocycles. The molecular weight excluding hydrogens is 322 g/mol. The molecule has 0 saturated carbocycles. The van der Waals surface area contributed by atoms with Gasteiger partial charge in [-0.25, -0.2) is 0 Å². The van der Waals surface area contributed by atoms with Crippen molar-refractivity contribution in [2.45, 2.75) is 13.0 Å². The number of benzene rings is 1. The van der Waals surface area contributed by atoms with E-state index in [1.165, 1.54) is 18.0 Å². The number of hydrogen-bond acceptors (Lipinski definition) is 4. The van der Waals surface area contributed by atoms with Crippen LogP contribution in [0.25, 0.3) is 0 Å². The van der Waals surface area contributed by atoms with E-state index >= 15 is 0 Å². The van der Waals surface area contributed by atoms with E-state index in [1.807, 2.05) is 6.07 Å². The van der Waals surface area contributed by atoms with E-state index in [2.05, 4.69) is 37.5 Å². The van der Waals surface area contributed by atoms with Crippen molar-refractivity contribution in [3.8, 4) is 5.75 Å². The first-order valence-electron chi connectivity index (χ1n) is 6.23. The number of amides is 1. The number of rotatable bonds is 3. The third-order valence-corrected chi connectivity index (χ3v) is 3.57. The summed E-state index contributed by atoms with van der Waals surface area (Å²) in [5, 5.41) is 10.2. The molecule has 6 heteroatoms. The standard InChI is InChI=1S/C14H12BrN3O2/c15-12-5-9-2-4-20-13(9)11(6-12)7-16-14(19)10-1-3-17-18-8-10/h1,3,5-6,8H,2,4,7H2,(H,16,19). The van der Waals surface area contributed by atoms with E-state index in [1.54, 1.807) is 6.07 Å². The summed E-state index contributed by atoms with van der Waals surface area (Å²) in [6.07, 6.45) is 3.84. The molecule has 1 aliphatic rings. The van der Waals surface area contributed by atoms with Gasteiger partial charge in [0.15, 0.2) is 0 Å². The minimum absolute atomic E-state index is 0.174. The average molecular weight is 334 g/mol. The highest BCUT2D eigenvalue weighted by Gasteiger charge is 2.18. The molecule has 3 rings (SSSR count). The number of fused-ring (bicyclic) bond motifs is 1.